The number of aromatic nitrogens is 1. The van der Waals surface area contributed by atoms with E-state index in [-0.39, 0.29) is 12.5 Å². The first kappa shape index (κ1) is 22.5. The summed E-state index contributed by atoms with van der Waals surface area (Å²) in [6, 6.07) is 15.2. The first-order chi connectivity index (χ1) is 15.7. The lowest BCUT2D eigenvalue weighted by molar-refractivity contribution is -0.120. The normalized spacial score (nSPS) is 14.4. The number of nitrogens with zero attached hydrogens (tertiary/aromatic N) is 3. The SMILES string of the molecule is CCOc1ccc2nc(N(CCCN3CCOCC3)C(=O)COc3ccccc3)sc2c1. The van der Waals surface area contributed by atoms with Crippen LogP contribution in [0.3, 0.4) is 0 Å². The van der Waals surface area contributed by atoms with E-state index in [0.29, 0.717) is 24.0 Å². The molecule has 0 N–H and O–H groups in total. The molecule has 1 fully saturated rings. The average Bonchev–Trinajstić information content (AvgIpc) is 3.25. The van der Waals surface area contributed by atoms with E-state index in [4.69, 9.17) is 19.2 Å². The summed E-state index contributed by atoms with van der Waals surface area (Å²) < 4.78 is 17.8. The molecule has 3 aromatic rings. The number of carbonyl (C=O) groups excluding carboxylic acids is 1. The molecular formula is C24H29N3O4S. The maximum atomic E-state index is 13.2. The summed E-state index contributed by atoms with van der Waals surface area (Å²) in [6.07, 6.45) is 0.858. The molecule has 1 aromatic heterocycles. The molecule has 0 atom stereocenters. The Balaban J connectivity index is 1.47. The van der Waals surface area contributed by atoms with Crippen LogP contribution in [0.1, 0.15) is 13.3 Å². The molecule has 1 saturated heterocycles. The van der Waals surface area contributed by atoms with Gasteiger partial charge in [-0.1, -0.05) is 29.5 Å². The maximum absolute atomic E-state index is 13.2. The lowest BCUT2D eigenvalue weighted by Crippen LogP contribution is -2.40. The molecule has 170 valence electrons. The fourth-order valence-corrected chi connectivity index (χ4v) is 4.65. The summed E-state index contributed by atoms with van der Waals surface area (Å²) in [5.41, 5.74) is 0.864. The molecule has 0 bridgehead atoms. The zero-order chi connectivity index (χ0) is 22.2. The third-order valence-electron chi connectivity index (χ3n) is 5.26. The van der Waals surface area contributed by atoms with Gasteiger partial charge in [0.1, 0.15) is 11.5 Å². The van der Waals surface area contributed by atoms with Gasteiger partial charge in [0.15, 0.2) is 11.7 Å². The van der Waals surface area contributed by atoms with Gasteiger partial charge in [0.05, 0.1) is 30.0 Å². The number of benzene rings is 2. The van der Waals surface area contributed by atoms with Gasteiger partial charge in [-0.3, -0.25) is 14.6 Å². The standard InChI is InChI=1S/C24H29N3O4S/c1-2-30-20-9-10-21-22(17-20)32-24(25-21)27(12-6-11-26-13-15-29-16-14-26)23(28)18-31-19-7-4-3-5-8-19/h3-5,7-10,17H,2,6,11-16,18H2,1H3. The Kier molecular flexibility index (Phi) is 7.92. The van der Waals surface area contributed by atoms with Crippen LogP contribution >= 0.6 is 11.3 Å². The second kappa shape index (κ2) is 11.3. The first-order valence-electron chi connectivity index (χ1n) is 11.0. The average molecular weight is 456 g/mol. The van der Waals surface area contributed by atoms with Gasteiger partial charge in [0.2, 0.25) is 0 Å². The number of hydrogen-bond donors (Lipinski definition) is 0. The van der Waals surface area contributed by atoms with Crippen LogP contribution in [0, 0.1) is 0 Å². The molecule has 0 aliphatic carbocycles. The maximum Gasteiger partial charge on any atom is 0.266 e. The van der Waals surface area contributed by atoms with Crippen LogP contribution in [-0.4, -0.2) is 68.4 Å². The zero-order valence-electron chi connectivity index (χ0n) is 18.4. The van der Waals surface area contributed by atoms with E-state index in [1.54, 1.807) is 4.90 Å². The number of morpholine rings is 1. The van der Waals surface area contributed by atoms with Crippen molar-refractivity contribution in [2.75, 3.05) is 57.5 Å². The Bertz CT molecular complexity index is 1000. The smallest absolute Gasteiger partial charge is 0.266 e. The van der Waals surface area contributed by atoms with Crippen molar-refractivity contribution < 1.29 is 19.0 Å². The Labute approximate surface area is 192 Å². The van der Waals surface area contributed by atoms with Gasteiger partial charge in [0.25, 0.3) is 5.91 Å². The third-order valence-corrected chi connectivity index (χ3v) is 6.30. The summed E-state index contributed by atoms with van der Waals surface area (Å²) in [5, 5.41) is 0.692. The highest BCUT2D eigenvalue weighted by Gasteiger charge is 2.21. The summed E-state index contributed by atoms with van der Waals surface area (Å²) in [6.45, 7) is 7.48. The lowest BCUT2D eigenvalue weighted by atomic mass is 10.3. The Morgan fingerprint density at radius 3 is 2.72 bits per heavy atom. The lowest BCUT2D eigenvalue weighted by Gasteiger charge is -2.27. The molecule has 0 saturated carbocycles. The van der Waals surface area contributed by atoms with E-state index >= 15 is 0 Å². The van der Waals surface area contributed by atoms with Gasteiger partial charge in [-0.2, -0.15) is 0 Å². The second-order valence-corrected chi connectivity index (χ2v) is 8.52. The second-order valence-electron chi connectivity index (χ2n) is 7.51. The number of thiazole rings is 1. The van der Waals surface area contributed by atoms with Crippen LogP contribution in [0.15, 0.2) is 48.5 Å². The molecule has 1 aliphatic heterocycles. The van der Waals surface area contributed by atoms with Gasteiger partial charge in [0, 0.05) is 26.2 Å². The number of amides is 1. The minimum Gasteiger partial charge on any atom is -0.494 e. The molecule has 8 heteroatoms. The number of anilines is 1. The summed E-state index contributed by atoms with van der Waals surface area (Å²) in [4.78, 5) is 22.0. The quantitative estimate of drug-likeness (QED) is 0.463. The monoisotopic (exact) mass is 455 g/mol. The number of ether oxygens (including phenoxy) is 3. The number of para-hydroxylation sites is 1. The van der Waals surface area contributed by atoms with Crippen molar-refractivity contribution in [3.05, 3.63) is 48.5 Å². The molecule has 1 amide bonds. The molecule has 2 heterocycles. The zero-order valence-corrected chi connectivity index (χ0v) is 19.2. The number of fused-ring (bicyclic) bond motifs is 1. The Hall–Kier alpha value is -2.68. The fourth-order valence-electron chi connectivity index (χ4n) is 3.61. The highest BCUT2D eigenvalue weighted by atomic mass is 32.1. The predicted octanol–water partition coefficient (Wildman–Crippen LogP) is 3.83. The molecule has 0 spiro atoms. The van der Waals surface area contributed by atoms with Crippen molar-refractivity contribution in [2.24, 2.45) is 0 Å². The number of carbonyl (C=O) groups is 1. The van der Waals surface area contributed by atoms with Gasteiger partial charge in [-0.05, 0) is 43.7 Å². The summed E-state index contributed by atoms with van der Waals surface area (Å²) >= 11 is 1.51. The van der Waals surface area contributed by atoms with Gasteiger partial charge < -0.3 is 14.2 Å². The van der Waals surface area contributed by atoms with Crippen LogP contribution in [0.5, 0.6) is 11.5 Å². The van der Waals surface area contributed by atoms with Crippen LogP contribution in [0.4, 0.5) is 5.13 Å². The van der Waals surface area contributed by atoms with Crippen molar-refractivity contribution >= 4 is 32.6 Å². The minimum absolute atomic E-state index is 0.0261. The predicted molar refractivity (Wildman–Crippen MR) is 127 cm³/mol. The van der Waals surface area contributed by atoms with E-state index in [9.17, 15) is 4.79 Å². The van der Waals surface area contributed by atoms with Crippen LogP contribution in [-0.2, 0) is 9.53 Å². The molecule has 32 heavy (non-hydrogen) atoms. The highest BCUT2D eigenvalue weighted by Crippen LogP contribution is 2.32. The summed E-state index contributed by atoms with van der Waals surface area (Å²) in [5.74, 6) is 1.40. The summed E-state index contributed by atoms with van der Waals surface area (Å²) in [7, 11) is 0. The van der Waals surface area contributed by atoms with Crippen molar-refractivity contribution in [2.45, 2.75) is 13.3 Å². The largest absolute Gasteiger partial charge is 0.494 e. The van der Waals surface area contributed by atoms with Gasteiger partial charge in [-0.25, -0.2) is 4.98 Å². The molecule has 1 aliphatic rings. The molecule has 4 rings (SSSR count). The van der Waals surface area contributed by atoms with Crippen LogP contribution in [0.25, 0.3) is 10.2 Å². The van der Waals surface area contributed by atoms with E-state index in [0.717, 1.165) is 55.2 Å². The van der Waals surface area contributed by atoms with Gasteiger partial charge >= 0.3 is 0 Å². The first-order valence-corrected chi connectivity index (χ1v) is 11.9. The number of hydrogen-bond acceptors (Lipinski definition) is 7. The number of rotatable bonds is 10. The Morgan fingerprint density at radius 2 is 1.94 bits per heavy atom. The minimum atomic E-state index is -0.0973. The third kappa shape index (κ3) is 5.97. The highest BCUT2D eigenvalue weighted by molar-refractivity contribution is 7.22. The molecular weight excluding hydrogens is 426 g/mol. The van der Waals surface area contributed by atoms with E-state index in [1.807, 2.05) is 55.5 Å². The van der Waals surface area contributed by atoms with Crippen molar-refractivity contribution in [3.8, 4) is 11.5 Å². The Morgan fingerprint density at radius 1 is 1.12 bits per heavy atom. The van der Waals surface area contributed by atoms with Crippen molar-refractivity contribution in [1.29, 1.82) is 0 Å². The molecule has 7 nitrogen and oxygen atoms in total. The van der Waals surface area contributed by atoms with Crippen molar-refractivity contribution in [3.63, 3.8) is 0 Å². The van der Waals surface area contributed by atoms with E-state index < -0.39 is 0 Å². The molecule has 0 radical (unpaired) electrons. The van der Waals surface area contributed by atoms with E-state index in [1.165, 1.54) is 11.3 Å². The molecule has 0 unspecified atom stereocenters. The topological polar surface area (TPSA) is 64.1 Å². The van der Waals surface area contributed by atoms with Gasteiger partial charge in [-0.15, -0.1) is 0 Å². The van der Waals surface area contributed by atoms with Crippen LogP contribution < -0.4 is 14.4 Å². The van der Waals surface area contributed by atoms with Crippen molar-refractivity contribution in [1.82, 2.24) is 9.88 Å². The molecule has 2 aromatic carbocycles. The fraction of sp³-hybridized carbons (Fsp3) is 0.417. The van der Waals surface area contributed by atoms with Crippen LogP contribution in [0.2, 0.25) is 0 Å². The van der Waals surface area contributed by atoms with E-state index in [2.05, 4.69) is 4.90 Å².